The number of halogens is 1. The lowest BCUT2D eigenvalue weighted by molar-refractivity contribution is 0.141. The van der Waals surface area contributed by atoms with Crippen LogP contribution < -0.4 is 10.2 Å². The molecule has 2 aromatic rings. The van der Waals surface area contributed by atoms with Gasteiger partial charge >= 0.3 is 6.03 Å². The maximum absolute atomic E-state index is 14.2. The van der Waals surface area contributed by atoms with E-state index in [1.807, 2.05) is 18.2 Å². The molecule has 0 aromatic heterocycles. The molecule has 1 N–H and O–H groups in total. The number of nitrogens with one attached hydrogen (secondary N) is 1. The van der Waals surface area contributed by atoms with Crippen LogP contribution in [0.25, 0.3) is 0 Å². The molecule has 1 saturated carbocycles. The van der Waals surface area contributed by atoms with E-state index in [9.17, 15) is 9.18 Å². The second-order valence-corrected chi connectivity index (χ2v) is 9.76. The molecule has 5 nitrogen and oxygen atoms in total. The zero-order chi connectivity index (χ0) is 23.5. The van der Waals surface area contributed by atoms with Crippen LogP contribution in [0.15, 0.2) is 72.2 Å². The number of nitrogens with zero attached hydrogens (tertiary/aromatic N) is 3. The van der Waals surface area contributed by atoms with Gasteiger partial charge in [0, 0.05) is 24.8 Å². The molecule has 0 radical (unpaired) electrons. The number of carbonyl (C=O) groups excluding carboxylic acids is 1. The van der Waals surface area contributed by atoms with Crippen LogP contribution in [0.4, 0.5) is 14.9 Å². The number of carbonyl (C=O) groups is 1. The molecule has 0 bridgehead atoms. The molecule has 3 aliphatic rings. The summed E-state index contributed by atoms with van der Waals surface area (Å²) in [4.78, 5) is 22.7. The number of benzene rings is 2. The molecule has 2 saturated heterocycles. The molecule has 5 rings (SSSR count). The lowest BCUT2D eigenvalue weighted by Crippen LogP contribution is -2.59. The molecular weight excluding hydrogens is 427 g/mol. The maximum Gasteiger partial charge on any atom is 0.328 e. The van der Waals surface area contributed by atoms with E-state index in [1.54, 1.807) is 11.0 Å². The predicted molar refractivity (Wildman–Crippen MR) is 135 cm³/mol. The molecule has 1 unspecified atom stereocenters. The predicted octanol–water partition coefficient (Wildman–Crippen LogP) is 5.68. The van der Waals surface area contributed by atoms with Crippen molar-refractivity contribution in [2.24, 2.45) is 4.99 Å². The Morgan fingerprint density at radius 1 is 1.12 bits per heavy atom. The van der Waals surface area contributed by atoms with Gasteiger partial charge in [-0.25, -0.2) is 9.18 Å². The SMILES string of the molecule is C=C[C@H]1CC2(CCN1Cc1ccccc1)C(=NC1CCCCC1)NC(=O)N2c1cccc(F)c1. The van der Waals surface area contributed by atoms with E-state index in [0.717, 1.165) is 38.2 Å². The fourth-order valence-electron chi connectivity index (χ4n) is 5.83. The molecule has 6 heteroatoms. The third kappa shape index (κ3) is 4.39. The lowest BCUT2D eigenvalue weighted by Gasteiger charge is -2.47. The number of aliphatic imine (C=N–C) groups is 1. The molecule has 34 heavy (non-hydrogen) atoms. The number of amides is 2. The van der Waals surface area contributed by atoms with Crippen LogP contribution >= 0.6 is 0 Å². The van der Waals surface area contributed by atoms with Crippen molar-refractivity contribution in [3.63, 3.8) is 0 Å². The summed E-state index contributed by atoms with van der Waals surface area (Å²) in [7, 11) is 0. The van der Waals surface area contributed by atoms with E-state index >= 15 is 0 Å². The van der Waals surface area contributed by atoms with Gasteiger partial charge in [-0.05, 0) is 49.4 Å². The van der Waals surface area contributed by atoms with Crippen molar-refractivity contribution in [1.29, 1.82) is 0 Å². The van der Waals surface area contributed by atoms with Gasteiger partial charge in [-0.3, -0.25) is 20.1 Å². The molecule has 3 fully saturated rings. The van der Waals surface area contributed by atoms with E-state index in [0.29, 0.717) is 12.1 Å². The third-order valence-corrected chi connectivity index (χ3v) is 7.58. The standard InChI is InChI=1S/C28H33FN4O/c1-2-24-19-28(16-17-32(24)20-21-10-5-3-6-11-21)26(30-23-13-7-4-8-14-23)31-27(34)33(28)25-15-9-12-22(29)18-25/h2-3,5-6,9-12,15,18,23-24H,1,4,7-8,13-14,16-17,19-20H2,(H,30,31,34)/t24-,28?/m0/s1. The average molecular weight is 461 g/mol. The highest BCUT2D eigenvalue weighted by Gasteiger charge is 2.55. The lowest BCUT2D eigenvalue weighted by atomic mass is 9.80. The molecule has 1 spiro atoms. The second kappa shape index (κ2) is 9.71. The molecular formula is C28H33FN4O. The van der Waals surface area contributed by atoms with E-state index in [2.05, 4.69) is 41.1 Å². The summed E-state index contributed by atoms with van der Waals surface area (Å²) in [6.07, 6.45) is 9.10. The Kier molecular flexibility index (Phi) is 6.50. The number of hydrogen-bond donors (Lipinski definition) is 1. The van der Waals surface area contributed by atoms with Gasteiger partial charge in [0.15, 0.2) is 0 Å². The van der Waals surface area contributed by atoms with Crippen LogP contribution in [0.1, 0.15) is 50.5 Å². The van der Waals surface area contributed by atoms with Crippen molar-refractivity contribution in [2.45, 2.75) is 69.1 Å². The molecule has 2 amide bonds. The monoisotopic (exact) mass is 460 g/mol. The first kappa shape index (κ1) is 22.8. The molecule has 2 aromatic carbocycles. The summed E-state index contributed by atoms with van der Waals surface area (Å²) < 4.78 is 14.2. The van der Waals surface area contributed by atoms with Crippen LogP contribution in [0, 0.1) is 5.82 Å². The topological polar surface area (TPSA) is 47.9 Å². The molecule has 2 aliphatic heterocycles. The highest BCUT2D eigenvalue weighted by molar-refractivity contribution is 6.19. The first-order chi connectivity index (χ1) is 16.6. The number of anilines is 1. The Morgan fingerprint density at radius 3 is 2.65 bits per heavy atom. The minimum absolute atomic E-state index is 0.0641. The minimum Gasteiger partial charge on any atom is -0.294 e. The fraction of sp³-hybridized carbons (Fsp3) is 0.429. The molecule has 1 aliphatic carbocycles. The van der Waals surface area contributed by atoms with Gasteiger partial charge in [-0.1, -0.05) is 61.7 Å². The van der Waals surface area contributed by atoms with E-state index < -0.39 is 5.54 Å². The highest BCUT2D eigenvalue weighted by atomic mass is 19.1. The minimum atomic E-state index is -0.631. The second-order valence-electron chi connectivity index (χ2n) is 9.76. The summed E-state index contributed by atoms with van der Waals surface area (Å²) in [5.74, 6) is 0.403. The summed E-state index contributed by atoms with van der Waals surface area (Å²) in [6, 6.07) is 16.8. The van der Waals surface area contributed by atoms with Gasteiger partial charge in [-0.2, -0.15) is 0 Å². The Balaban J connectivity index is 1.51. The number of urea groups is 1. The van der Waals surface area contributed by atoms with Crippen molar-refractivity contribution in [3.8, 4) is 0 Å². The van der Waals surface area contributed by atoms with Crippen molar-refractivity contribution in [1.82, 2.24) is 10.2 Å². The number of hydrogen-bond acceptors (Lipinski definition) is 3. The van der Waals surface area contributed by atoms with Crippen LogP contribution in [0.2, 0.25) is 0 Å². The van der Waals surface area contributed by atoms with Crippen LogP contribution in [-0.4, -0.2) is 40.9 Å². The number of rotatable bonds is 5. The first-order valence-electron chi connectivity index (χ1n) is 12.4. The van der Waals surface area contributed by atoms with Gasteiger partial charge in [0.2, 0.25) is 0 Å². The highest BCUT2D eigenvalue weighted by Crippen LogP contribution is 2.41. The molecule has 2 heterocycles. The summed E-state index contributed by atoms with van der Waals surface area (Å²) >= 11 is 0. The smallest absolute Gasteiger partial charge is 0.294 e. The summed E-state index contributed by atoms with van der Waals surface area (Å²) in [5.41, 5.74) is 1.20. The van der Waals surface area contributed by atoms with E-state index in [-0.39, 0.29) is 23.9 Å². The van der Waals surface area contributed by atoms with Gasteiger partial charge in [0.05, 0.1) is 6.04 Å². The van der Waals surface area contributed by atoms with E-state index in [1.165, 1.54) is 37.0 Å². The number of amidine groups is 1. The summed E-state index contributed by atoms with van der Waals surface area (Å²) in [6.45, 7) is 5.75. The van der Waals surface area contributed by atoms with Crippen molar-refractivity contribution < 1.29 is 9.18 Å². The van der Waals surface area contributed by atoms with Crippen LogP contribution in [0.5, 0.6) is 0 Å². The third-order valence-electron chi connectivity index (χ3n) is 7.58. The van der Waals surface area contributed by atoms with Gasteiger partial charge < -0.3 is 0 Å². The van der Waals surface area contributed by atoms with Gasteiger partial charge in [0.1, 0.15) is 17.2 Å². The molecule has 2 atom stereocenters. The number of likely N-dealkylation sites (tertiary alicyclic amines) is 1. The zero-order valence-corrected chi connectivity index (χ0v) is 19.6. The fourth-order valence-corrected chi connectivity index (χ4v) is 5.83. The Labute approximate surface area is 201 Å². The Morgan fingerprint density at radius 2 is 1.91 bits per heavy atom. The largest absolute Gasteiger partial charge is 0.328 e. The quantitative estimate of drug-likeness (QED) is 0.584. The first-order valence-corrected chi connectivity index (χ1v) is 12.4. The van der Waals surface area contributed by atoms with Crippen LogP contribution in [-0.2, 0) is 6.54 Å². The normalized spacial score (nSPS) is 27.3. The average Bonchev–Trinajstić information content (AvgIpc) is 3.11. The molecule has 178 valence electrons. The van der Waals surface area contributed by atoms with Crippen molar-refractivity contribution >= 4 is 17.6 Å². The number of piperidine rings is 1. The summed E-state index contributed by atoms with van der Waals surface area (Å²) in [5, 5.41) is 3.10. The van der Waals surface area contributed by atoms with E-state index in [4.69, 9.17) is 4.99 Å². The van der Waals surface area contributed by atoms with Gasteiger partial charge in [-0.15, -0.1) is 6.58 Å². The van der Waals surface area contributed by atoms with Crippen molar-refractivity contribution in [3.05, 3.63) is 78.6 Å². The Bertz CT molecular complexity index is 1070. The van der Waals surface area contributed by atoms with Crippen molar-refractivity contribution in [2.75, 3.05) is 11.4 Å². The maximum atomic E-state index is 14.2. The zero-order valence-electron chi connectivity index (χ0n) is 19.6. The Hall–Kier alpha value is -2.99. The van der Waals surface area contributed by atoms with Crippen LogP contribution in [0.3, 0.4) is 0 Å². The van der Waals surface area contributed by atoms with Gasteiger partial charge in [0.25, 0.3) is 0 Å².